The molecule has 0 bridgehead atoms. The molecular formula is C10H19N3O. The van der Waals surface area contributed by atoms with Crippen LogP contribution in [0.15, 0.2) is 12.5 Å². The zero-order chi connectivity index (χ0) is 10.4. The van der Waals surface area contributed by atoms with E-state index in [0.717, 1.165) is 25.2 Å². The van der Waals surface area contributed by atoms with Gasteiger partial charge in [-0.1, -0.05) is 13.8 Å². The van der Waals surface area contributed by atoms with E-state index in [4.69, 9.17) is 0 Å². The molecular weight excluding hydrogens is 178 g/mol. The average Bonchev–Trinajstić information content (AvgIpc) is 2.64. The molecule has 1 heterocycles. The van der Waals surface area contributed by atoms with E-state index in [0.29, 0.717) is 5.92 Å². The van der Waals surface area contributed by atoms with E-state index in [1.165, 1.54) is 0 Å². The Morgan fingerprint density at radius 3 is 2.93 bits per heavy atom. The summed E-state index contributed by atoms with van der Waals surface area (Å²) in [5.41, 5.74) is 1.07. The molecule has 0 radical (unpaired) electrons. The minimum absolute atomic E-state index is 0.204. The van der Waals surface area contributed by atoms with E-state index in [9.17, 15) is 5.11 Å². The maximum Gasteiger partial charge on any atom is 0.0922 e. The lowest BCUT2D eigenvalue weighted by Crippen LogP contribution is -2.23. The topological polar surface area (TPSA) is 60.9 Å². The fraction of sp³-hybridized carbons (Fsp3) is 0.700. The van der Waals surface area contributed by atoms with Crippen LogP contribution in [0.2, 0.25) is 0 Å². The number of nitrogens with one attached hydrogen (secondary N) is 2. The van der Waals surface area contributed by atoms with E-state index in [1.807, 2.05) is 13.8 Å². The molecule has 0 aliphatic heterocycles. The predicted molar refractivity (Wildman–Crippen MR) is 55.8 cm³/mol. The largest absolute Gasteiger partial charge is 0.393 e. The van der Waals surface area contributed by atoms with Crippen molar-refractivity contribution in [1.29, 1.82) is 0 Å². The lowest BCUT2D eigenvalue weighted by atomic mass is 10.0. The summed E-state index contributed by atoms with van der Waals surface area (Å²) in [7, 11) is 0. The van der Waals surface area contributed by atoms with Crippen molar-refractivity contribution in [3.63, 3.8) is 0 Å². The van der Waals surface area contributed by atoms with E-state index < -0.39 is 0 Å². The maximum atomic E-state index is 9.52. The highest BCUT2D eigenvalue weighted by atomic mass is 16.3. The van der Waals surface area contributed by atoms with Gasteiger partial charge in [0.2, 0.25) is 0 Å². The second-order valence-electron chi connectivity index (χ2n) is 3.85. The van der Waals surface area contributed by atoms with Crippen molar-refractivity contribution in [3.05, 3.63) is 18.2 Å². The summed E-state index contributed by atoms with van der Waals surface area (Å²) < 4.78 is 0. The number of rotatable bonds is 6. The van der Waals surface area contributed by atoms with Gasteiger partial charge in [0.05, 0.1) is 12.4 Å². The molecule has 1 aromatic rings. The van der Waals surface area contributed by atoms with E-state index in [2.05, 4.69) is 15.3 Å². The number of aromatic nitrogens is 2. The smallest absolute Gasteiger partial charge is 0.0922 e. The zero-order valence-electron chi connectivity index (χ0n) is 8.83. The molecule has 1 aromatic heterocycles. The number of imidazole rings is 1. The van der Waals surface area contributed by atoms with Gasteiger partial charge in [-0.25, -0.2) is 4.98 Å². The molecule has 3 N–H and O–H groups in total. The molecule has 1 unspecified atom stereocenters. The van der Waals surface area contributed by atoms with Gasteiger partial charge >= 0.3 is 0 Å². The third kappa shape index (κ3) is 3.89. The van der Waals surface area contributed by atoms with Gasteiger partial charge in [0.25, 0.3) is 0 Å². The summed E-state index contributed by atoms with van der Waals surface area (Å²) in [5.74, 6) is 0.337. The average molecular weight is 197 g/mol. The van der Waals surface area contributed by atoms with Crippen LogP contribution < -0.4 is 5.32 Å². The number of hydrogen-bond donors (Lipinski definition) is 3. The van der Waals surface area contributed by atoms with Crippen LogP contribution in [0.25, 0.3) is 0 Å². The molecule has 0 aliphatic carbocycles. The van der Waals surface area contributed by atoms with Gasteiger partial charge in [-0.3, -0.25) is 0 Å². The number of aromatic amines is 1. The molecule has 80 valence electrons. The number of nitrogens with zero attached hydrogens (tertiary/aromatic N) is 1. The highest BCUT2D eigenvalue weighted by Crippen LogP contribution is 2.04. The molecule has 4 heteroatoms. The number of hydrogen-bond acceptors (Lipinski definition) is 3. The van der Waals surface area contributed by atoms with Crippen molar-refractivity contribution < 1.29 is 5.11 Å². The van der Waals surface area contributed by atoms with Crippen molar-refractivity contribution in [2.45, 2.75) is 32.9 Å². The second kappa shape index (κ2) is 5.78. The Balaban J connectivity index is 2.05. The summed E-state index contributed by atoms with van der Waals surface area (Å²) in [5, 5.41) is 12.8. The predicted octanol–water partition coefficient (Wildman–Crippen LogP) is 0.906. The van der Waals surface area contributed by atoms with Gasteiger partial charge in [-0.2, -0.15) is 0 Å². The van der Waals surface area contributed by atoms with Crippen molar-refractivity contribution in [2.75, 3.05) is 6.54 Å². The molecule has 0 saturated carbocycles. The van der Waals surface area contributed by atoms with Gasteiger partial charge in [-0.15, -0.1) is 0 Å². The fourth-order valence-corrected chi connectivity index (χ4v) is 1.19. The Morgan fingerprint density at radius 1 is 1.57 bits per heavy atom. The quantitative estimate of drug-likeness (QED) is 0.594. The highest BCUT2D eigenvalue weighted by molar-refractivity contribution is 4.92. The molecule has 0 saturated heterocycles. The molecule has 0 aliphatic rings. The lowest BCUT2D eigenvalue weighted by molar-refractivity contribution is 0.116. The highest BCUT2D eigenvalue weighted by Gasteiger charge is 2.07. The van der Waals surface area contributed by atoms with Crippen LogP contribution in [0, 0.1) is 5.92 Å². The molecule has 1 rings (SSSR count). The number of H-pyrrole nitrogens is 1. The number of aliphatic hydroxyl groups excluding tert-OH is 1. The Morgan fingerprint density at radius 2 is 2.36 bits per heavy atom. The Hall–Kier alpha value is -0.870. The van der Waals surface area contributed by atoms with E-state index in [1.54, 1.807) is 12.5 Å². The third-order valence-corrected chi connectivity index (χ3v) is 2.26. The number of aliphatic hydroxyl groups is 1. The Kier molecular flexibility index (Phi) is 4.62. The standard InChI is InChI=1S/C10H19N3O/c1-8(2)10(14)3-4-11-5-9-6-12-7-13-9/h6-8,10-11,14H,3-5H2,1-2H3,(H,12,13). The van der Waals surface area contributed by atoms with E-state index >= 15 is 0 Å². The first-order valence-corrected chi connectivity index (χ1v) is 5.06. The molecule has 4 nitrogen and oxygen atoms in total. The van der Waals surface area contributed by atoms with Crippen LogP contribution >= 0.6 is 0 Å². The summed E-state index contributed by atoms with van der Waals surface area (Å²) in [6.45, 7) is 5.67. The lowest BCUT2D eigenvalue weighted by Gasteiger charge is -2.14. The minimum atomic E-state index is -0.204. The Labute approximate surface area is 84.8 Å². The molecule has 14 heavy (non-hydrogen) atoms. The maximum absolute atomic E-state index is 9.52. The summed E-state index contributed by atoms with van der Waals surface area (Å²) in [4.78, 5) is 6.93. The summed E-state index contributed by atoms with van der Waals surface area (Å²) >= 11 is 0. The normalized spacial score (nSPS) is 13.4. The first kappa shape index (κ1) is 11.2. The SMILES string of the molecule is CC(C)C(O)CCNCc1cnc[nH]1. The molecule has 0 spiro atoms. The summed E-state index contributed by atoms with van der Waals surface area (Å²) in [6.07, 6.45) is 4.06. The van der Waals surface area contributed by atoms with Gasteiger partial charge in [0, 0.05) is 18.4 Å². The summed E-state index contributed by atoms with van der Waals surface area (Å²) in [6, 6.07) is 0. The monoisotopic (exact) mass is 197 g/mol. The van der Waals surface area contributed by atoms with Crippen LogP contribution in [0.3, 0.4) is 0 Å². The van der Waals surface area contributed by atoms with Gasteiger partial charge < -0.3 is 15.4 Å². The molecule has 0 aromatic carbocycles. The first-order valence-electron chi connectivity index (χ1n) is 5.06. The molecule has 1 atom stereocenters. The molecule has 0 fully saturated rings. The van der Waals surface area contributed by atoms with Crippen LogP contribution in [0.4, 0.5) is 0 Å². The van der Waals surface area contributed by atoms with Crippen molar-refractivity contribution in [3.8, 4) is 0 Å². The Bertz CT molecular complexity index is 234. The fourth-order valence-electron chi connectivity index (χ4n) is 1.19. The van der Waals surface area contributed by atoms with Crippen LogP contribution in [-0.2, 0) is 6.54 Å². The van der Waals surface area contributed by atoms with E-state index in [-0.39, 0.29) is 6.10 Å². The zero-order valence-corrected chi connectivity index (χ0v) is 8.83. The van der Waals surface area contributed by atoms with Crippen LogP contribution in [-0.4, -0.2) is 27.7 Å². The van der Waals surface area contributed by atoms with Crippen molar-refractivity contribution in [2.24, 2.45) is 5.92 Å². The van der Waals surface area contributed by atoms with Gasteiger partial charge in [-0.05, 0) is 18.9 Å². The molecule has 0 amide bonds. The third-order valence-electron chi connectivity index (χ3n) is 2.26. The second-order valence-corrected chi connectivity index (χ2v) is 3.85. The van der Waals surface area contributed by atoms with Crippen molar-refractivity contribution in [1.82, 2.24) is 15.3 Å². The van der Waals surface area contributed by atoms with Gasteiger partial charge in [0.15, 0.2) is 0 Å². The van der Waals surface area contributed by atoms with Crippen LogP contribution in [0.5, 0.6) is 0 Å². The van der Waals surface area contributed by atoms with Crippen LogP contribution in [0.1, 0.15) is 26.0 Å². The first-order chi connectivity index (χ1) is 6.70. The van der Waals surface area contributed by atoms with Crippen molar-refractivity contribution >= 4 is 0 Å². The minimum Gasteiger partial charge on any atom is -0.393 e. The van der Waals surface area contributed by atoms with Gasteiger partial charge in [0.1, 0.15) is 0 Å².